The molecular weight excluding hydrogens is 204 g/mol. The van der Waals surface area contributed by atoms with Gasteiger partial charge in [0.25, 0.3) is 0 Å². The third-order valence-corrected chi connectivity index (χ3v) is 3.44. The number of rotatable bonds is 3. The fourth-order valence-electron chi connectivity index (χ4n) is 2.50. The summed E-state index contributed by atoms with van der Waals surface area (Å²) in [7, 11) is 0. The second-order valence-corrected chi connectivity index (χ2v) is 6.00. The van der Waals surface area contributed by atoms with Crippen molar-refractivity contribution in [3.05, 3.63) is 0 Å². The third-order valence-electron chi connectivity index (χ3n) is 3.44. The van der Waals surface area contributed by atoms with Gasteiger partial charge in [-0.2, -0.15) is 0 Å². The van der Waals surface area contributed by atoms with E-state index in [1.54, 1.807) is 0 Å². The Morgan fingerprint density at radius 3 is 2.75 bits per heavy atom. The molecule has 0 bridgehead atoms. The highest BCUT2D eigenvalue weighted by molar-refractivity contribution is 5.67. The molecule has 16 heavy (non-hydrogen) atoms. The van der Waals surface area contributed by atoms with Gasteiger partial charge in [-0.25, -0.2) is 0 Å². The maximum atomic E-state index is 10.8. The van der Waals surface area contributed by atoms with E-state index in [0.29, 0.717) is 0 Å². The van der Waals surface area contributed by atoms with Crippen LogP contribution in [0.5, 0.6) is 0 Å². The molecule has 1 unspecified atom stereocenters. The zero-order valence-electron chi connectivity index (χ0n) is 10.2. The predicted molar refractivity (Wildman–Crippen MR) is 62.4 cm³/mol. The summed E-state index contributed by atoms with van der Waals surface area (Å²) < 4.78 is 0. The summed E-state index contributed by atoms with van der Waals surface area (Å²) in [6.07, 6.45) is 2.81. The van der Waals surface area contributed by atoms with E-state index in [1.807, 2.05) is 0 Å². The third kappa shape index (κ3) is 3.19. The fraction of sp³-hybridized carbons (Fsp3) is 0.917. The van der Waals surface area contributed by atoms with Gasteiger partial charge < -0.3 is 10.4 Å². The molecule has 4 nitrogen and oxygen atoms in total. The van der Waals surface area contributed by atoms with Gasteiger partial charge in [0, 0.05) is 31.7 Å². The molecule has 2 rings (SSSR count). The van der Waals surface area contributed by atoms with Crippen molar-refractivity contribution in [3.63, 3.8) is 0 Å². The number of nitrogens with one attached hydrogen (secondary N) is 1. The molecule has 92 valence electrons. The summed E-state index contributed by atoms with van der Waals surface area (Å²) in [6.45, 7) is 7.38. The summed E-state index contributed by atoms with van der Waals surface area (Å²) in [5.74, 6) is -0.701. The molecule has 2 fully saturated rings. The molecule has 0 aromatic carbocycles. The minimum atomic E-state index is -0.701. The molecular formula is C12H22N2O2. The lowest BCUT2D eigenvalue weighted by Gasteiger charge is -2.29. The molecule has 1 heterocycles. The quantitative estimate of drug-likeness (QED) is 0.751. The van der Waals surface area contributed by atoms with Crippen LogP contribution in [0.25, 0.3) is 0 Å². The van der Waals surface area contributed by atoms with E-state index in [0.717, 1.165) is 25.7 Å². The van der Waals surface area contributed by atoms with Crippen molar-refractivity contribution >= 4 is 5.97 Å². The Balaban J connectivity index is 1.99. The topological polar surface area (TPSA) is 52.6 Å². The number of carboxylic acids is 1. The minimum absolute atomic E-state index is 0.111. The molecule has 1 saturated carbocycles. The van der Waals surface area contributed by atoms with Gasteiger partial charge in [-0.15, -0.1) is 0 Å². The van der Waals surface area contributed by atoms with E-state index in [4.69, 9.17) is 5.11 Å². The smallest absolute Gasteiger partial charge is 0.304 e. The summed E-state index contributed by atoms with van der Waals surface area (Å²) in [5, 5.41) is 12.3. The second kappa shape index (κ2) is 4.34. The van der Waals surface area contributed by atoms with E-state index >= 15 is 0 Å². The first-order valence-corrected chi connectivity index (χ1v) is 6.15. The lowest BCUT2D eigenvalue weighted by Crippen LogP contribution is -2.40. The Bertz CT molecular complexity index is 274. The van der Waals surface area contributed by atoms with Crippen molar-refractivity contribution < 1.29 is 9.90 Å². The number of carboxylic acid groups (broad SMARTS) is 1. The van der Waals surface area contributed by atoms with Crippen molar-refractivity contribution in [2.75, 3.05) is 19.6 Å². The molecule has 1 aliphatic heterocycles. The van der Waals surface area contributed by atoms with Gasteiger partial charge in [0.05, 0.1) is 6.42 Å². The predicted octanol–water partition coefficient (Wildman–Crippen LogP) is 0.923. The highest BCUT2D eigenvalue weighted by Crippen LogP contribution is 2.31. The Morgan fingerprint density at radius 2 is 2.19 bits per heavy atom. The van der Waals surface area contributed by atoms with Crippen molar-refractivity contribution in [2.24, 2.45) is 5.41 Å². The van der Waals surface area contributed by atoms with E-state index in [9.17, 15) is 4.79 Å². The van der Waals surface area contributed by atoms with Gasteiger partial charge in [0.2, 0.25) is 0 Å². The van der Waals surface area contributed by atoms with E-state index < -0.39 is 5.97 Å². The van der Waals surface area contributed by atoms with Crippen LogP contribution < -0.4 is 5.32 Å². The molecule has 0 radical (unpaired) electrons. The van der Waals surface area contributed by atoms with Gasteiger partial charge in [-0.05, 0) is 18.3 Å². The van der Waals surface area contributed by atoms with Gasteiger partial charge >= 0.3 is 5.97 Å². The Labute approximate surface area is 97.0 Å². The second-order valence-electron chi connectivity index (χ2n) is 6.00. The molecule has 1 saturated heterocycles. The van der Waals surface area contributed by atoms with Crippen LogP contribution in [-0.4, -0.2) is 47.7 Å². The molecule has 0 amide bonds. The number of nitrogens with zero attached hydrogens (tertiary/aromatic N) is 1. The Hall–Kier alpha value is -0.610. The van der Waals surface area contributed by atoms with E-state index in [-0.39, 0.29) is 17.9 Å². The van der Waals surface area contributed by atoms with E-state index in [2.05, 4.69) is 24.1 Å². The van der Waals surface area contributed by atoms with Crippen LogP contribution >= 0.6 is 0 Å². The van der Waals surface area contributed by atoms with Crippen molar-refractivity contribution in [1.29, 1.82) is 0 Å². The van der Waals surface area contributed by atoms with Gasteiger partial charge in [0.1, 0.15) is 0 Å². The standard InChI is InChI=1S/C12H22N2O2/c1-12(2)7-13-9(5-11(15)16)6-14(8-12)10-3-4-10/h9-10,13H,3-8H2,1-2H3,(H,15,16). The molecule has 0 aromatic heterocycles. The number of carbonyl (C=O) groups is 1. The first-order valence-electron chi connectivity index (χ1n) is 6.15. The number of aliphatic carboxylic acids is 1. The lowest BCUT2D eigenvalue weighted by molar-refractivity contribution is -0.137. The highest BCUT2D eigenvalue weighted by atomic mass is 16.4. The van der Waals surface area contributed by atoms with Crippen LogP contribution in [0.1, 0.15) is 33.1 Å². The highest BCUT2D eigenvalue weighted by Gasteiger charge is 2.37. The molecule has 4 heteroatoms. The first kappa shape index (κ1) is 11.9. The molecule has 2 N–H and O–H groups in total. The van der Waals surface area contributed by atoms with Crippen LogP contribution in [0.4, 0.5) is 0 Å². The van der Waals surface area contributed by atoms with Crippen LogP contribution in [0.2, 0.25) is 0 Å². The number of hydrogen-bond acceptors (Lipinski definition) is 3. The van der Waals surface area contributed by atoms with E-state index in [1.165, 1.54) is 12.8 Å². The van der Waals surface area contributed by atoms with Crippen molar-refractivity contribution in [3.8, 4) is 0 Å². The normalized spacial score (nSPS) is 31.0. The minimum Gasteiger partial charge on any atom is -0.481 e. The average Bonchev–Trinajstić information content (AvgIpc) is 2.93. The fourth-order valence-corrected chi connectivity index (χ4v) is 2.50. The monoisotopic (exact) mass is 226 g/mol. The van der Waals surface area contributed by atoms with Crippen molar-refractivity contribution in [2.45, 2.75) is 45.2 Å². The SMILES string of the molecule is CC1(C)CNC(CC(=O)O)CN(C2CC2)C1. The summed E-state index contributed by atoms with van der Waals surface area (Å²) in [5.41, 5.74) is 0.246. The van der Waals surface area contributed by atoms with Gasteiger partial charge in [-0.3, -0.25) is 9.69 Å². The Morgan fingerprint density at radius 1 is 1.50 bits per heavy atom. The summed E-state index contributed by atoms with van der Waals surface area (Å²) in [4.78, 5) is 13.3. The summed E-state index contributed by atoms with van der Waals surface area (Å²) in [6, 6.07) is 0.829. The lowest BCUT2D eigenvalue weighted by atomic mass is 9.93. The first-order chi connectivity index (χ1) is 7.46. The summed E-state index contributed by atoms with van der Waals surface area (Å²) >= 11 is 0. The van der Waals surface area contributed by atoms with Crippen molar-refractivity contribution in [1.82, 2.24) is 10.2 Å². The zero-order chi connectivity index (χ0) is 11.8. The molecule has 1 atom stereocenters. The maximum Gasteiger partial charge on any atom is 0.304 e. The van der Waals surface area contributed by atoms with Crippen LogP contribution in [-0.2, 0) is 4.79 Å². The molecule has 2 aliphatic rings. The maximum absolute atomic E-state index is 10.8. The molecule has 0 spiro atoms. The van der Waals surface area contributed by atoms with Crippen LogP contribution in [0.15, 0.2) is 0 Å². The Kier molecular flexibility index (Phi) is 3.22. The average molecular weight is 226 g/mol. The zero-order valence-corrected chi connectivity index (χ0v) is 10.2. The van der Waals surface area contributed by atoms with Crippen LogP contribution in [0.3, 0.4) is 0 Å². The van der Waals surface area contributed by atoms with Gasteiger partial charge in [-0.1, -0.05) is 13.8 Å². The van der Waals surface area contributed by atoms with Gasteiger partial charge in [0.15, 0.2) is 0 Å². The van der Waals surface area contributed by atoms with Crippen LogP contribution in [0, 0.1) is 5.41 Å². The number of hydrogen-bond donors (Lipinski definition) is 2. The molecule has 1 aliphatic carbocycles. The molecule has 0 aromatic rings. The largest absolute Gasteiger partial charge is 0.481 e.